The fraction of sp³-hybridized carbons (Fsp3) is 0.267. The Hall–Kier alpha value is -4.57. The highest BCUT2D eigenvalue weighted by Crippen LogP contribution is 2.31. The Morgan fingerprint density at radius 1 is 1.02 bits per heavy atom. The minimum Gasteiger partial charge on any atom is -0.480 e. The average Bonchev–Trinajstić information content (AvgIpc) is 3.44. The van der Waals surface area contributed by atoms with E-state index < -0.39 is 36.3 Å². The topological polar surface area (TPSA) is 149 Å². The molecule has 1 unspecified atom stereocenters. The summed E-state index contributed by atoms with van der Waals surface area (Å²) in [6.45, 7) is -0.0523. The lowest BCUT2D eigenvalue weighted by Crippen LogP contribution is -2.55. The minimum absolute atomic E-state index is 0.0195. The van der Waals surface area contributed by atoms with Crippen molar-refractivity contribution in [2.75, 3.05) is 13.1 Å². The molecule has 2 atom stereocenters. The number of nitrogens with two attached hydrogens (primary N) is 1. The molecule has 4 rings (SSSR count). The number of aliphatic carboxylic acids is 1. The van der Waals surface area contributed by atoms with Crippen LogP contribution in [0.4, 0.5) is 4.39 Å². The Kier molecular flexibility index (Phi) is 9.23. The summed E-state index contributed by atoms with van der Waals surface area (Å²) in [4.78, 5) is 40.3. The van der Waals surface area contributed by atoms with Crippen LogP contribution in [-0.4, -0.2) is 58.8 Å². The maximum atomic E-state index is 14.2. The lowest BCUT2D eigenvalue weighted by atomic mass is 9.84. The van der Waals surface area contributed by atoms with Crippen LogP contribution in [0.15, 0.2) is 78.9 Å². The Bertz CT molecular complexity index is 1330. The van der Waals surface area contributed by atoms with Crippen molar-refractivity contribution in [3.63, 3.8) is 0 Å². The Morgan fingerprint density at radius 2 is 1.65 bits per heavy atom. The molecular formula is C30H32FN5O4. The third-order valence-corrected chi connectivity index (χ3v) is 7.02. The first-order valence-corrected chi connectivity index (χ1v) is 13.0. The highest BCUT2D eigenvalue weighted by molar-refractivity contribution is 5.95. The predicted molar refractivity (Wildman–Crippen MR) is 148 cm³/mol. The molecule has 1 aliphatic rings. The molecule has 1 saturated heterocycles. The van der Waals surface area contributed by atoms with Crippen molar-refractivity contribution < 1.29 is 23.9 Å². The van der Waals surface area contributed by atoms with Gasteiger partial charge in [-0.2, -0.15) is 0 Å². The molecule has 40 heavy (non-hydrogen) atoms. The van der Waals surface area contributed by atoms with Crippen LogP contribution >= 0.6 is 0 Å². The SMILES string of the molecule is N=C(N)c1ccc(CNC(=O)[C@@H]2CCCN2C(=O)C(NCC(=O)O)C(c2ccccc2)c2ccccc2)cc1F. The number of carbonyl (C=O) groups excluding carboxylic acids is 2. The van der Waals surface area contributed by atoms with Crippen LogP contribution in [0.3, 0.4) is 0 Å². The zero-order valence-corrected chi connectivity index (χ0v) is 21.8. The average molecular weight is 546 g/mol. The van der Waals surface area contributed by atoms with E-state index in [0.29, 0.717) is 24.9 Å². The third kappa shape index (κ3) is 6.70. The Balaban J connectivity index is 1.57. The number of nitrogen functional groups attached to an aromatic ring is 1. The van der Waals surface area contributed by atoms with Gasteiger partial charge in [0.1, 0.15) is 17.7 Å². The van der Waals surface area contributed by atoms with Crippen LogP contribution in [0, 0.1) is 11.2 Å². The minimum atomic E-state index is -1.10. The van der Waals surface area contributed by atoms with Crippen LogP contribution in [-0.2, 0) is 20.9 Å². The van der Waals surface area contributed by atoms with E-state index in [-0.39, 0.29) is 29.8 Å². The summed E-state index contributed by atoms with van der Waals surface area (Å²) in [5, 5.41) is 22.6. The number of nitrogens with zero attached hydrogens (tertiary/aromatic N) is 1. The second-order valence-electron chi connectivity index (χ2n) is 9.69. The molecular weight excluding hydrogens is 513 g/mol. The highest BCUT2D eigenvalue weighted by atomic mass is 19.1. The fourth-order valence-corrected chi connectivity index (χ4v) is 5.12. The van der Waals surface area contributed by atoms with E-state index in [9.17, 15) is 23.9 Å². The number of nitrogens with one attached hydrogen (secondary N) is 3. The smallest absolute Gasteiger partial charge is 0.317 e. The number of carbonyl (C=O) groups is 3. The molecule has 3 aromatic carbocycles. The monoisotopic (exact) mass is 545 g/mol. The summed E-state index contributed by atoms with van der Waals surface area (Å²) in [5.74, 6) is -3.39. The molecule has 10 heteroatoms. The number of amidine groups is 1. The van der Waals surface area contributed by atoms with Crippen LogP contribution in [0.1, 0.15) is 41.0 Å². The van der Waals surface area contributed by atoms with E-state index in [2.05, 4.69) is 10.6 Å². The molecule has 0 aromatic heterocycles. The third-order valence-electron chi connectivity index (χ3n) is 7.02. The maximum absolute atomic E-state index is 14.2. The number of likely N-dealkylation sites (tertiary alicyclic amines) is 1. The van der Waals surface area contributed by atoms with Crippen LogP contribution in [0.25, 0.3) is 0 Å². The van der Waals surface area contributed by atoms with Gasteiger partial charge >= 0.3 is 5.97 Å². The molecule has 1 heterocycles. The summed E-state index contributed by atoms with van der Waals surface area (Å²) in [5.41, 5.74) is 7.51. The van der Waals surface area contributed by atoms with Gasteiger partial charge in [-0.05, 0) is 41.7 Å². The van der Waals surface area contributed by atoms with Gasteiger partial charge in [0.2, 0.25) is 11.8 Å². The van der Waals surface area contributed by atoms with Crippen molar-refractivity contribution in [2.24, 2.45) is 5.73 Å². The van der Waals surface area contributed by atoms with Crippen molar-refractivity contribution in [2.45, 2.75) is 37.4 Å². The highest BCUT2D eigenvalue weighted by Gasteiger charge is 2.40. The van der Waals surface area contributed by atoms with Gasteiger partial charge in [0.05, 0.1) is 18.2 Å². The van der Waals surface area contributed by atoms with Crippen molar-refractivity contribution in [1.29, 1.82) is 5.41 Å². The van der Waals surface area contributed by atoms with Crippen LogP contribution in [0.2, 0.25) is 0 Å². The summed E-state index contributed by atoms with van der Waals surface area (Å²) in [7, 11) is 0. The van der Waals surface area contributed by atoms with E-state index in [1.54, 1.807) is 6.07 Å². The molecule has 1 fully saturated rings. The van der Waals surface area contributed by atoms with E-state index in [1.165, 1.54) is 17.0 Å². The molecule has 3 aromatic rings. The van der Waals surface area contributed by atoms with Gasteiger partial charge in [-0.25, -0.2) is 4.39 Å². The summed E-state index contributed by atoms with van der Waals surface area (Å²) in [6, 6.07) is 21.2. The van der Waals surface area contributed by atoms with Gasteiger partial charge in [0, 0.05) is 19.0 Å². The van der Waals surface area contributed by atoms with E-state index in [4.69, 9.17) is 11.1 Å². The fourth-order valence-electron chi connectivity index (χ4n) is 5.12. The molecule has 0 bridgehead atoms. The number of carboxylic acids is 1. The molecule has 0 aliphatic carbocycles. The summed E-state index contributed by atoms with van der Waals surface area (Å²) in [6.07, 6.45) is 1.06. The molecule has 208 valence electrons. The second kappa shape index (κ2) is 13.0. The van der Waals surface area contributed by atoms with Crippen molar-refractivity contribution >= 4 is 23.6 Å². The lowest BCUT2D eigenvalue weighted by Gasteiger charge is -2.33. The summed E-state index contributed by atoms with van der Waals surface area (Å²) < 4.78 is 14.2. The number of halogens is 1. The zero-order chi connectivity index (χ0) is 28.6. The van der Waals surface area contributed by atoms with Crippen LogP contribution < -0.4 is 16.4 Å². The predicted octanol–water partition coefficient (Wildman–Crippen LogP) is 2.59. The van der Waals surface area contributed by atoms with E-state index in [1.807, 2.05) is 60.7 Å². The number of carboxylic acid groups (broad SMARTS) is 1. The second-order valence-corrected chi connectivity index (χ2v) is 9.69. The number of amides is 2. The Morgan fingerprint density at radius 3 is 2.20 bits per heavy atom. The van der Waals surface area contributed by atoms with Crippen molar-refractivity contribution in [3.8, 4) is 0 Å². The molecule has 6 N–H and O–H groups in total. The van der Waals surface area contributed by atoms with Crippen molar-refractivity contribution in [1.82, 2.24) is 15.5 Å². The van der Waals surface area contributed by atoms with Gasteiger partial charge in [0.15, 0.2) is 0 Å². The number of rotatable bonds is 11. The van der Waals surface area contributed by atoms with Gasteiger partial charge in [-0.15, -0.1) is 0 Å². The standard InChI is InChI=1S/C30H32FN5O4/c31-23-16-19(13-14-22(23)28(32)33)17-35-29(39)24-12-7-15-36(24)30(40)27(34-18-25(37)38)26(20-8-3-1-4-9-20)21-10-5-2-6-11-21/h1-6,8-11,13-14,16,24,26-27,34H,7,12,15,17-18H2,(H3,32,33)(H,35,39)(H,37,38)/t24-,27?/m0/s1. The Labute approximate surface area is 231 Å². The van der Waals surface area contributed by atoms with Gasteiger partial charge < -0.3 is 21.1 Å². The van der Waals surface area contributed by atoms with Gasteiger partial charge in [0.25, 0.3) is 0 Å². The van der Waals surface area contributed by atoms with Gasteiger partial charge in [-0.3, -0.25) is 25.1 Å². The lowest BCUT2D eigenvalue weighted by molar-refractivity contribution is -0.141. The molecule has 2 amide bonds. The largest absolute Gasteiger partial charge is 0.480 e. The molecule has 0 spiro atoms. The quantitative estimate of drug-likeness (QED) is 0.185. The first-order valence-electron chi connectivity index (χ1n) is 13.0. The number of hydrogen-bond donors (Lipinski definition) is 5. The number of benzene rings is 3. The zero-order valence-electron chi connectivity index (χ0n) is 21.8. The van der Waals surface area contributed by atoms with Crippen LogP contribution in [0.5, 0.6) is 0 Å². The molecule has 1 aliphatic heterocycles. The summed E-state index contributed by atoms with van der Waals surface area (Å²) >= 11 is 0. The first-order chi connectivity index (χ1) is 19.3. The number of hydrogen-bond acceptors (Lipinski definition) is 5. The maximum Gasteiger partial charge on any atom is 0.317 e. The normalized spacial score (nSPS) is 15.6. The van der Waals surface area contributed by atoms with Gasteiger partial charge in [-0.1, -0.05) is 66.7 Å². The molecule has 0 radical (unpaired) electrons. The molecule has 0 saturated carbocycles. The van der Waals surface area contributed by atoms with E-state index in [0.717, 1.165) is 11.1 Å². The first kappa shape index (κ1) is 28.4. The van der Waals surface area contributed by atoms with Crippen molar-refractivity contribution in [3.05, 3.63) is 107 Å². The van der Waals surface area contributed by atoms with E-state index >= 15 is 0 Å². The molecule has 9 nitrogen and oxygen atoms in total.